The van der Waals surface area contributed by atoms with Crippen molar-refractivity contribution in [2.45, 2.75) is 39.8 Å². The van der Waals surface area contributed by atoms with Crippen LogP contribution in [0.2, 0.25) is 0 Å². The summed E-state index contributed by atoms with van der Waals surface area (Å²) in [5.41, 5.74) is 7.94. The van der Waals surface area contributed by atoms with Crippen molar-refractivity contribution in [3.63, 3.8) is 0 Å². The van der Waals surface area contributed by atoms with Gasteiger partial charge in [0, 0.05) is 5.56 Å². The van der Waals surface area contributed by atoms with E-state index in [0.717, 1.165) is 16.9 Å². The van der Waals surface area contributed by atoms with Crippen molar-refractivity contribution in [2.24, 2.45) is 11.7 Å². The van der Waals surface area contributed by atoms with Crippen LogP contribution < -0.4 is 15.8 Å². The minimum Gasteiger partial charge on any atom is -0.496 e. The molecule has 0 aliphatic carbocycles. The van der Waals surface area contributed by atoms with Crippen molar-refractivity contribution in [3.05, 3.63) is 29.3 Å². The lowest BCUT2D eigenvalue weighted by atomic mass is 10.0. The molecule has 0 aromatic heterocycles. The van der Waals surface area contributed by atoms with Crippen LogP contribution in [0.15, 0.2) is 18.2 Å². The van der Waals surface area contributed by atoms with Gasteiger partial charge >= 0.3 is 0 Å². The number of rotatable bonds is 5. The van der Waals surface area contributed by atoms with E-state index in [1.54, 1.807) is 7.11 Å². The van der Waals surface area contributed by atoms with Gasteiger partial charge in [0.25, 0.3) is 0 Å². The summed E-state index contributed by atoms with van der Waals surface area (Å²) in [6.07, 6.45) is 0. The van der Waals surface area contributed by atoms with Gasteiger partial charge in [-0.3, -0.25) is 4.79 Å². The minimum atomic E-state index is -0.488. The lowest BCUT2D eigenvalue weighted by molar-refractivity contribution is -0.123. The molecule has 0 aliphatic rings. The van der Waals surface area contributed by atoms with Crippen LogP contribution >= 0.6 is 12.4 Å². The molecule has 0 bridgehead atoms. The highest BCUT2D eigenvalue weighted by atomic mass is 35.5. The first-order chi connectivity index (χ1) is 8.86. The Morgan fingerprint density at radius 3 is 2.40 bits per heavy atom. The zero-order valence-electron chi connectivity index (χ0n) is 12.8. The molecule has 0 radical (unpaired) electrons. The number of methoxy groups -OCH3 is 1. The maximum atomic E-state index is 12.0. The van der Waals surface area contributed by atoms with Gasteiger partial charge in [0.1, 0.15) is 5.75 Å². The van der Waals surface area contributed by atoms with Crippen molar-refractivity contribution in [1.82, 2.24) is 5.32 Å². The van der Waals surface area contributed by atoms with E-state index in [1.165, 1.54) is 0 Å². The molecule has 2 atom stereocenters. The van der Waals surface area contributed by atoms with Crippen LogP contribution in [0.5, 0.6) is 5.75 Å². The van der Waals surface area contributed by atoms with E-state index in [4.69, 9.17) is 10.5 Å². The number of aryl methyl sites for hydroxylation is 1. The number of carbonyl (C=O) groups excluding carboxylic acids is 1. The van der Waals surface area contributed by atoms with Gasteiger partial charge in [-0.05, 0) is 25.8 Å². The highest BCUT2D eigenvalue weighted by molar-refractivity contribution is 5.85. The van der Waals surface area contributed by atoms with E-state index >= 15 is 0 Å². The highest BCUT2D eigenvalue weighted by Gasteiger charge is 2.20. The van der Waals surface area contributed by atoms with Crippen LogP contribution in [0.4, 0.5) is 0 Å². The number of nitrogens with one attached hydrogen (secondary N) is 1. The Balaban J connectivity index is 0.00000361. The Kier molecular flexibility index (Phi) is 7.61. The molecule has 1 aromatic rings. The number of hydrogen-bond donors (Lipinski definition) is 2. The summed E-state index contributed by atoms with van der Waals surface area (Å²) >= 11 is 0. The lowest BCUT2D eigenvalue weighted by Gasteiger charge is -2.21. The molecule has 0 spiro atoms. The van der Waals surface area contributed by atoms with Gasteiger partial charge in [0.05, 0.1) is 19.2 Å². The van der Waals surface area contributed by atoms with Gasteiger partial charge < -0.3 is 15.8 Å². The standard InChI is InChI=1S/C15H24N2O2.ClH/c1-9(2)14(16)15(18)17-11(4)12-8-10(3)6-7-13(12)19-5;/h6-9,11,14H,16H2,1-5H3,(H,17,18);1H/t11?,14-;/m1./s1. The van der Waals surface area contributed by atoms with Gasteiger partial charge in [-0.25, -0.2) is 0 Å². The van der Waals surface area contributed by atoms with Crippen LogP contribution in [0.3, 0.4) is 0 Å². The van der Waals surface area contributed by atoms with Crippen molar-refractivity contribution < 1.29 is 9.53 Å². The van der Waals surface area contributed by atoms with Gasteiger partial charge in [-0.2, -0.15) is 0 Å². The van der Waals surface area contributed by atoms with Crippen LogP contribution in [-0.4, -0.2) is 19.1 Å². The summed E-state index contributed by atoms with van der Waals surface area (Å²) in [6, 6.07) is 5.29. The fourth-order valence-corrected chi connectivity index (χ4v) is 1.88. The molecule has 114 valence electrons. The van der Waals surface area contributed by atoms with Gasteiger partial charge in [-0.15, -0.1) is 12.4 Å². The Hall–Kier alpha value is -1.26. The van der Waals surface area contributed by atoms with E-state index in [-0.39, 0.29) is 30.3 Å². The number of nitrogens with two attached hydrogens (primary N) is 1. The second-order valence-electron chi connectivity index (χ2n) is 5.25. The number of benzene rings is 1. The molecule has 5 heteroatoms. The van der Waals surface area contributed by atoms with E-state index < -0.39 is 6.04 Å². The smallest absolute Gasteiger partial charge is 0.237 e. The van der Waals surface area contributed by atoms with Gasteiger partial charge in [0.15, 0.2) is 0 Å². The van der Waals surface area contributed by atoms with Crippen LogP contribution in [0.25, 0.3) is 0 Å². The first kappa shape index (κ1) is 18.7. The highest BCUT2D eigenvalue weighted by Crippen LogP contribution is 2.26. The SMILES string of the molecule is COc1ccc(C)cc1C(C)NC(=O)[C@H](N)C(C)C.Cl. The molecule has 4 nitrogen and oxygen atoms in total. The van der Waals surface area contributed by atoms with Crippen molar-refractivity contribution in [1.29, 1.82) is 0 Å². The van der Waals surface area contributed by atoms with Crippen LogP contribution in [0.1, 0.15) is 37.9 Å². The van der Waals surface area contributed by atoms with Gasteiger partial charge in [0.2, 0.25) is 5.91 Å². The summed E-state index contributed by atoms with van der Waals surface area (Å²) in [5, 5.41) is 2.94. The third-order valence-electron chi connectivity index (χ3n) is 3.23. The second-order valence-corrected chi connectivity index (χ2v) is 5.25. The van der Waals surface area contributed by atoms with Gasteiger partial charge in [-0.1, -0.05) is 31.5 Å². The second kappa shape index (κ2) is 8.12. The fourth-order valence-electron chi connectivity index (χ4n) is 1.88. The monoisotopic (exact) mass is 300 g/mol. The molecule has 0 saturated carbocycles. The summed E-state index contributed by atoms with van der Waals surface area (Å²) < 4.78 is 5.33. The molecule has 1 unspecified atom stereocenters. The molecular weight excluding hydrogens is 276 g/mol. The molecule has 0 aliphatic heterocycles. The summed E-state index contributed by atoms with van der Waals surface area (Å²) in [6.45, 7) is 7.81. The molecule has 0 heterocycles. The zero-order chi connectivity index (χ0) is 14.6. The Labute approximate surface area is 127 Å². The number of carbonyl (C=O) groups is 1. The predicted octanol–water partition coefficient (Wildman–Crippen LogP) is 2.59. The summed E-state index contributed by atoms with van der Waals surface area (Å²) in [4.78, 5) is 12.0. The third kappa shape index (κ3) is 4.69. The largest absolute Gasteiger partial charge is 0.496 e. The Bertz CT molecular complexity index is 449. The number of ether oxygens (including phenoxy) is 1. The average Bonchev–Trinajstić information content (AvgIpc) is 2.37. The van der Waals surface area contributed by atoms with Crippen molar-refractivity contribution in [2.75, 3.05) is 7.11 Å². The van der Waals surface area contributed by atoms with Crippen LogP contribution in [-0.2, 0) is 4.79 Å². The molecule has 20 heavy (non-hydrogen) atoms. The Morgan fingerprint density at radius 1 is 1.30 bits per heavy atom. The molecular formula is C15H25ClN2O2. The number of amides is 1. The number of halogens is 1. The maximum absolute atomic E-state index is 12.0. The topological polar surface area (TPSA) is 64.3 Å². The van der Waals surface area contributed by atoms with Crippen molar-refractivity contribution in [3.8, 4) is 5.75 Å². The first-order valence-corrected chi connectivity index (χ1v) is 6.57. The van der Waals surface area contributed by atoms with E-state index in [9.17, 15) is 4.79 Å². The van der Waals surface area contributed by atoms with Crippen molar-refractivity contribution >= 4 is 18.3 Å². The molecule has 3 N–H and O–H groups in total. The van der Waals surface area contributed by atoms with E-state index in [1.807, 2.05) is 45.9 Å². The first-order valence-electron chi connectivity index (χ1n) is 6.57. The van der Waals surface area contributed by atoms with E-state index in [2.05, 4.69) is 5.32 Å². The molecule has 1 amide bonds. The van der Waals surface area contributed by atoms with Crippen LogP contribution in [0, 0.1) is 12.8 Å². The zero-order valence-corrected chi connectivity index (χ0v) is 13.6. The number of hydrogen-bond acceptors (Lipinski definition) is 3. The molecule has 1 aromatic carbocycles. The lowest BCUT2D eigenvalue weighted by Crippen LogP contribution is -2.44. The average molecular weight is 301 g/mol. The maximum Gasteiger partial charge on any atom is 0.237 e. The summed E-state index contributed by atoms with van der Waals surface area (Å²) in [5.74, 6) is 0.759. The normalized spacial score (nSPS) is 13.3. The predicted molar refractivity (Wildman–Crippen MR) is 84.4 cm³/mol. The molecule has 1 rings (SSSR count). The molecule has 0 saturated heterocycles. The van der Waals surface area contributed by atoms with E-state index in [0.29, 0.717) is 0 Å². The fraction of sp³-hybridized carbons (Fsp3) is 0.533. The Morgan fingerprint density at radius 2 is 1.90 bits per heavy atom. The quantitative estimate of drug-likeness (QED) is 0.878. The summed E-state index contributed by atoms with van der Waals surface area (Å²) in [7, 11) is 1.63. The minimum absolute atomic E-state index is 0. The third-order valence-corrected chi connectivity index (χ3v) is 3.23. The molecule has 0 fully saturated rings.